The Balaban J connectivity index is 6.24. The predicted octanol–water partition coefficient (Wildman–Crippen LogP) is -2.10. The van der Waals surface area contributed by atoms with Crippen LogP contribution in [0.1, 0.15) is 0 Å². The van der Waals surface area contributed by atoms with E-state index in [1.807, 2.05) is 0 Å². The number of hydrogen-bond donors (Lipinski definition) is 0. The van der Waals surface area contributed by atoms with E-state index in [-0.39, 0.29) is 0 Å². The average molecular weight is 360 g/mol. The van der Waals surface area contributed by atoms with Gasteiger partial charge >= 0.3 is 12.3 Å². The van der Waals surface area contributed by atoms with Gasteiger partial charge in [0.2, 0.25) is 0 Å². The zero-order chi connectivity index (χ0) is 19.2. The van der Waals surface area contributed by atoms with Crippen molar-refractivity contribution in [3.63, 3.8) is 0 Å². The van der Waals surface area contributed by atoms with Crippen molar-refractivity contribution in [1.82, 2.24) is 0 Å². The monoisotopic (exact) mass is 360 g/mol. The molecule has 0 aromatic carbocycles. The summed E-state index contributed by atoms with van der Waals surface area (Å²) < 4.78 is 0. The van der Waals surface area contributed by atoms with Crippen LogP contribution >= 0.6 is 0 Å². The zero-order valence-electron chi connectivity index (χ0n) is 10.7. The first-order valence-corrected chi connectivity index (χ1v) is 5.06. The van der Waals surface area contributed by atoms with E-state index in [0.717, 1.165) is 0 Å². The second-order valence-corrected chi connectivity index (χ2v) is 3.56. The summed E-state index contributed by atoms with van der Waals surface area (Å²) in [6.07, 6.45) is -13.4. The van der Waals surface area contributed by atoms with Crippen LogP contribution in [-0.4, -0.2) is 54.4 Å². The minimum Gasteiger partial charge on any atom is -0.292 e. The Hall–Kier alpha value is -4.00. The molecule has 20 nitrogen and oxygen atoms in total. The standard InChI is InChI=1S/C4H4N6O14/c11-5(12)3(6(13)14)1(23-9(19)20)2(24-10(21)22)4(7(15)16)8(17)18/h1-4H. The molecule has 0 radical (unpaired) electrons. The molecule has 134 valence electrons. The van der Waals surface area contributed by atoms with Gasteiger partial charge in [-0.3, -0.25) is 50.1 Å². The maximum Gasteiger partial charge on any atom is 0.479 e. The van der Waals surface area contributed by atoms with E-state index in [0.29, 0.717) is 0 Å². The molecule has 20 heteroatoms. The molecular formula is C4H4N6O14. The molecular weight excluding hydrogens is 356 g/mol. The Morgan fingerprint density at radius 3 is 0.833 bits per heavy atom. The van der Waals surface area contributed by atoms with Gasteiger partial charge in [0.25, 0.3) is 22.4 Å². The second-order valence-electron chi connectivity index (χ2n) is 3.56. The van der Waals surface area contributed by atoms with Gasteiger partial charge in [0, 0.05) is 0 Å². The van der Waals surface area contributed by atoms with Gasteiger partial charge in [-0.15, -0.1) is 20.2 Å². The van der Waals surface area contributed by atoms with E-state index in [1.54, 1.807) is 0 Å². The minimum atomic E-state index is -3.41. The molecule has 0 aliphatic carbocycles. The van der Waals surface area contributed by atoms with E-state index in [9.17, 15) is 60.7 Å². The minimum absolute atomic E-state index is 1.86. The van der Waals surface area contributed by atoms with Crippen molar-refractivity contribution < 1.29 is 39.5 Å². The number of nitrogens with zero attached hydrogens (tertiary/aromatic N) is 6. The summed E-state index contributed by atoms with van der Waals surface area (Å²) in [6.45, 7) is 0. The quantitative estimate of drug-likeness (QED) is 0.216. The molecule has 0 bridgehead atoms. The fraction of sp³-hybridized carbons (Fsp3) is 1.00. The number of rotatable bonds is 11. The molecule has 0 aromatic heterocycles. The first-order chi connectivity index (χ1) is 10.9. The van der Waals surface area contributed by atoms with Gasteiger partial charge in [0.15, 0.2) is 0 Å². The largest absolute Gasteiger partial charge is 0.479 e. The average Bonchev–Trinajstić information content (AvgIpc) is 2.33. The van der Waals surface area contributed by atoms with Crippen LogP contribution in [0.5, 0.6) is 0 Å². The molecule has 0 aliphatic heterocycles. The maximum absolute atomic E-state index is 10.6. The number of hydrogen-bond acceptors (Lipinski definition) is 14. The Morgan fingerprint density at radius 2 is 0.708 bits per heavy atom. The van der Waals surface area contributed by atoms with Gasteiger partial charge in [-0.05, 0) is 0 Å². The highest BCUT2D eigenvalue weighted by Gasteiger charge is 2.62. The predicted molar refractivity (Wildman–Crippen MR) is 59.3 cm³/mol. The van der Waals surface area contributed by atoms with Crippen molar-refractivity contribution in [1.29, 1.82) is 0 Å². The van der Waals surface area contributed by atoms with E-state index in [1.165, 1.54) is 0 Å². The Kier molecular flexibility index (Phi) is 6.54. The van der Waals surface area contributed by atoms with Crippen molar-refractivity contribution >= 4 is 0 Å². The van der Waals surface area contributed by atoms with Crippen LogP contribution in [0.15, 0.2) is 0 Å². The van der Waals surface area contributed by atoms with Gasteiger partial charge in [-0.1, -0.05) is 0 Å². The molecule has 0 aromatic rings. The molecule has 0 aliphatic rings. The smallest absolute Gasteiger partial charge is 0.292 e. The van der Waals surface area contributed by atoms with Gasteiger partial charge in [0.05, 0.1) is 19.7 Å². The van der Waals surface area contributed by atoms with Crippen molar-refractivity contribution in [2.24, 2.45) is 0 Å². The lowest BCUT2D eigenvalue weighted by atomic mass is 10.1. The topological polar surface area (TPSA) is 277 Å². The van der Waals surface area contributed by atoms with Gasteiger partial charge < -0.3 is 0 Å². The van der Waals surface area contributed by atoms with Crippen LogP contribution in [0.25, 0.3) is 0 Å². The van der Waals surface area contributed by atoms with Crippen LogP contribution in [0.4, 0.5) is 0 Å². The molecule has 2 unspecified atom stereocenters. The molecule has 0 N–H and O–H groups in total. The lowest BCUT2D eigenvalue weighted by molar-refractivity contribution is -0.859. The Morgan fingerprint density at radius 1 is 0.500 bits per heavy atom. The maximum atomic E-state index is 10.6. The molecule has 0 rings (SSSR count). The third-order valence-corrected chi connectivity index (χ3v) is 2.19. The molecule has 2 atom stereocenters. The van der Waals surface area contributed by atoms with Gasteiger partial charge in [-0.25, -0.2) is 0 Å². The van der Waals surface area contributed by atoms with E-state index < -0.39 is 54.4 Å². The summed E-state index contributed by atoms with van der Waals surface area (Å²) in [5.41, 5.74) is 0. The Bertz CT molecular complexity index is 496. The van der Waals surface area contributed by atoms with Crippen molar-refractivity contribution in [2.75, 3.05) is 0 Å². The second kappa shape index (κ2) is 7.85. The fourth-order valence-corrected chi connectivity index (χ4v) is 1.40. The van der Waals surface area contributed by atoms with Crippen LogP contribution in [-0.2, 0) is 9.68 Å². The fourth-order valence-electron chi connectivity index (χ4n) is 1.40. The molecule has 24 heavy (non-hydrogen) atoms. The normalized spacial score (nSPS) is 12.9. The molecule has 0 saturated carbocycles. The molecule has 0 saturated heterocycles. The van der Waals surface area contributed by atoms with E-state index in [4.69, 9.17) is 0 Å². The summed E-state index contributed by atoms with van der Waals surface area (Å²) in [7, 11) is 0. The molecule has 0 heterocycles. The lowest BCUT2D eigenvalue weighted by Gasteiger charge is -2.20. The first kappa shape index (κ1) is 20.0. The Labute approximate surface area is 126 Å². The van der Waals surface area contributed by atoms with Crippen molar-refractivity contribution in [3.8, 4) is 0 Å². The highest BCUT2D eigenvalue weighted by atomic mass is 17.0. The highest BCUT2D eigenvalue weighted by molar-refractivity contribution is 4.74. The van der Waals surface area contributed by atoms with Crippen molar-refractivity contribution in [3.05, 3.63) is 60.7 Å². The van der Waals surface area contributed by atoms with Gasteiger partial charge in [-0.2, -0.15) is 0 Å². The van der Waals surface area contributed by atoms with E-state index >= 15 is 0 Å². The van der Waals surface area contributed by atoms with Crippen LogP contribution < -0.4 is 0 Å². The third kappa shape index (κ3) is 5.08. The first-order valence-electron chi connectivity index (χ1n) is 5.06. The van der Waals surface area contributed by atoms with Crippen LogP contribution in [0.2, 0.25) is 0 Å². The van der Waals surface area contributed by atoms with Crippen LogP contribution in [0.3, 0.4) is 0 Å². The third-order valence-electron chi connectivity index (χ3n) is 2.19. The highest BCUT2D eigenvalue weighted by Crippen LogP contribution is 2.18. The molecule has 0 spiro atoms. The summed E-state index contributed by atoms with van der Waals surface area (Å²) >= 11 is 0. The van der Waals surface area contributed by atoms with E-state index in [2.05, 4.69) is 9.68 Å². The lowest BCUT2D eigenvalue weighted by Crippen LogP contribution is -2.58. The summed E-state index contributed by atoms with van der Waals surface area (Å²) in [4.78, 5) is 62.5. The SMILES string of the molecule is O=[N+]([O-])OC(C(O[N+](=O)[O-])C([N+](=O)[O-])[N+](=O)[O-])C([N+](=O)[O-])[N+](=O)[O-]. The molecule has 0 fully saturated rings. The number of nitro groups is 4. The summed E-state index contributed by atoms with van der Waals surface area (Å²) in [5, 5.41) is 59.2. The van der Waals surface area contributed by atoms with Crippen LogP contribution in [0, 0.1) is 60.7 Å². The summed E-state index contributed by atoms with van der Waals surface area (Å²) in [5.74, 6) is 0. The summed E-state index contributed by atoms with van der Waals surface area (Å²) in [6, 6.07) is 0. The van der Waals surface area contributed by atoms with Crippen molar-refractivity contribution in [2.45, 2.75) is 24.5 Å². The zero-order valence-corrected chi connectivity index (χ0v) is 10.7. The van der Waals surface area contributed by atoms with Gasteiger partial charge in [0.1, 0.15) is 0 Å². The molecule has 0 amide bonds.